The SMILES string of the molecule is C#C.C=C/C(C/C=c1/cc(NC(=O)c2ccc(F)cc2)nc/c1=C/C)=N\C(=C/C)NC1CCN(C)CC1. The van der Waals surface area contributed by atoms with Crippen molar-refractivity contribution in [1.82, 2.24) is 15.2 Å². The zero-order chi connectivity index (χ0) is 27.2. The van der Waals surface area contributed by atoms with Crippen LogP contribution in [0.2, 0.25) is 0 Å². The van der Waals surface area contributed by atoms with Crippen molar-refractivity contribution in [2.45, 2.75) is 39.2 Å². The fraction of sp³-hybridized carbons (Fsp3) is 0.300. The number of nitrogens with one attached hydrogen (secondary N) is 2. The van der Waals surface area contributed by atoms with Crippen LogP contribution in [0.3, 0.4) is 0 Å². The average Bonchev–Trinajstić information content (AvgIpc) is 2.93. The Balaban J connectivity index is 0.00000235. The van der Waals surface area contributed by atoms with Crippen molar-refractivity contribution in [3.8, 4) is 12.8 Å². The molecule has 0 saturated carbocycles. The molecule has 2 aromatic rings. The first-order valence-electron chi connectivity index (χ1n) is 12.3. The topological polar surface area (TPSA) is 69.6 Å². The molecule has 1 aromatic heterocycles. The van der Waals surface area contributed by atoms with Gasteiger partial charge in [0.05, 0.1) is 0 Å². The number of aromatic nitrogens is 1. The Morgan fingerprint density at radius 2 is 1.89 bits per heavy atom. The molecule has 1 amide bonds. The van der Waals surface area contributed by atoms with Gasteiger partial charge in [-0.1, -0.05) is 18.7 Å². The van der Waals surface area contributed by atoms with Crippen LogP contribution in [0, 0.1) is 18.7 Å². The number of nitrogens with zero attached hydrogens (tertiary/aromatic N) is 3. The minimum absolute atomic E-state index is 0.345. The van der Waals surface area contributed by atoms with Gasteiger partial charge in [-0.3, -0.25) is 4.79 Å². The lowest BCUT2D eigenvalue weighted by atomic mass is 10.1. The molecule has 1 saturated heterocycles. The number of piperidine rings is 1. The first-order chi connectivity index (χ1) is 17.9. The first kappa shape index (κ1) is 29.2. The third-order valence-electron chi connectivity index (χ3n) is 6.00. The first-order valence-corrected chi connectivity index (χ1v) is 12.3. The van der Waals surface area contributed by atoms with Gasteiger partial charge >= 0.3 is 0 Å². The summed E-state index contributed by atoms with van der Waals surface area (Å²) in [5.41, 5.74) is 1.20. The van der Waals surface area contributed by atoms with E-state index in [2.05, 4.69) is 47.0 Å². The van der Waals surface area contributed by atoms with Crippen LogP contribution in [0.15, 0.2) is 66.1 Å². The molecule has 37 heavy (non-hydrogen) atoms. The predicted molar refractivity (Wildman–Crippen MR) is 152 cm³/mol. The van der Waals surface area contributed by atoms with E-state index in [1.807, 2.05) is 38.1 Å². The number of aliphatic imine (C=N–C) groups is 1. The molecule has 0 atom stereocenters. The molecule has 2 N–H and O–H groups in total. The lowest BCUT2D eigenvalue weighted by Crippen LogP contribution is -2.40. The summed E-state index contributed by atoms with van der Waals surface area (Å²) in [6, 6.07) is 7.64. The maximum absolute atomic E-state index is 13.1. The van der Waals surface area contributed by atoms with Gasteiger partial charge in [0.2, 0.25) is 0 Å². The minimum atomic E-state index is -0.387. The van der Waals surface area contributed by atoms with E-state index in [9.17, 15) is 9.18 Å². The quantitative estimate of drug-likeness (QED) is 0.426. The number of likely N-dealkylation sites (tertiary alicyclic amines) is 1. The normalized spacial score (nSPS) is 16.1. The van der Waals surface area contributed by atoms with Gasteiger partial charge in [0, 0.05) is 29.9 Å². The molecule has 1 fully saturated rings. The molecular formula is C30H36FN5O. The van der Waals surface area contributed by atoms with E-state index < -0.39 is 0 Å². The molecule has 0 radical (unpaired) electrons. The number of amides is 1. The van der Waals surface area contributed by atoms with E-state index in [0.29, 0.717) is 23.8 Å². The molecule has 2 heterocycles. The number of allylic oxidation sites excluding steroid dienone is 2. The van der Waals surface area contributed by atoms with Crippen LogP contribution in [0.5, 0.6) is 0 Å². The summed E-state index contributed by atoms with van der Waals surface area (Å²) < 4.78 is 13.1. The van der Waals surface area contributed by atoms with Crippen molar-refractivity contribution in [1.29, 1.82) is 0 Å². The fourth-order valence-corrected chi connectivity index (χ4v) is 3.84. The molecule has 0 unspecified atom stereocenters. The molecule has 1 aromatic carbocycles. The summed E-state index contributed by atoms with van der Waals surface area (Å²) in [6.07, 6.45) is 20.3. The van der Waals surface area contributed by atoms with E-state index in [1.165, 1.54) is 24.3 Å². The van der Waals surface area contributed by atoms with Gasteiger partial charge in [-0.2, -0.15) is 0 Å². The molecular weight excluding hydrogens is 465 g/mol. The van der Waals surface area contributed by atoms with E-state index in [-0.39, 0.29) is 11.7 Å². The standard InChI is InChI=1S/C28H34FN5O.C2H2/c1-5-20-19-30-27(33-28(35)21-8-11-23(29)12-9-21)18-22(20)10-13-24(6-2)31-26(7-3)32-25-14-16-34(4)17-15-25;1-2/h5-12,18-19,25,32H,2,13-17H2,1,3-4H3,(H,33,35);1-2H/b20-5-,22-10-,26-7+,31-24+;. The number of carbonyl (C=O) groups is 1. The summed E-state index contributed by atoms with van der Waals surface area (Å²) in [6.45, 7) is 10.0. The largest absolute Gasteiger partial charge is 0.368 e. The van der Waals surface area contributed by atoms with Gasteiger partial charge in [-0.25, -0.2) is 14.4 Å². The minimum Gasteiger partial charge on any atom is -0.368 e. The molecule has 7 heteroatoms. The zero-order valence-corrected chi connectivity index (χ0v) is 21.9. The van der Waals surface area contributed by atoms with Gasteiger partial charge in [0.25, 0.3) is 5.91 Å². The van der Waals surface area contributed by atoms with Crippen molar-refractivity contribution in [3.63, 3.8) is 0 Å². The monoisotopic (exact) mass is 501 g/mol. The molecule has 1 aliphatic rings. The average molecular weight is 502 g/mol. The highest BCUT2D eigenvalue weighted by Gasteiger charge is 2.16. The molecule has 0 aliphatic carbocycles. The van der Waals surface area contributed by atoms with Gasteiger partial charge in [-0.05, 0) is 99.7 Å². The summed E-state index contributed by atoms with van der Waals surface area (Å²) >= 11 is 0. The number of benzene rings is 1. The van der Waals surface area contributed by atoms with E-state index in [1.54, 1.807) is 12.3 Å². The number of carbonyl (C=O) groups excluding carboxylic acids is 1. The maximum Gasteiger partial charge on any atom is 0.256 e. The molecule has 1 aliphatic heterocycles. The van der Waals surface area contributed by atoms with E-state index >= 15 is 0 Å². The van der Waals surface area contributed by atoms with Crippen LogP contribution in [-0.2, 0) is 0 Å². The maximum atomic E-state index is 13.1. The van der Waals surface area contributed by atoms with Crippen molar-refractivity contribution in [2.24, 2.45) is 4.99 Å². The Hall–Kier alpha value is -4.02. The molecule has 194 valence electrons. The number of pyridine rings is 1. The van der Waals surface area contributed by atoms with Crippen LogP contribution in [0.25, 0.3) is 12.2 Å². The van der Waals surface area contributed by atoms with Gasteiger partial charge in [-0.15, -0.1) is 12.8 Å². The highest BCUT2D eigenvalue weighted by atomic mass is 19.1. The Morgan fingerprint density at radius 1 is 1.22 bits per heavy atom. The van der Waals surface area contributed by atoms with Crippen LogP contribution < -0.4 is 21.1 Å². The predicted octanol–water partition coefficient (Wildman–Crippen LogP) is 3.87. The second-order valence-corrected chi connectivity index (χ2v) is 8.56. The summed E-state index contributed by atoms with van der Waals surface area (Å²) in [5, 5.41) is 8.22. The number of halogens is 1. The Labute approximate surface area is 219 Å². The second kappa shape index (κ2) is 15.2. The number of hydrogen-bond donors (Lipinski definition) is 2. The van der Waals surface area contributed by atoms with Crippen LogP contribution in [-0.4, -0.2) is 47.7 Å². The third kappa shape index (κ3) is 9.17. The van der Waals surface area contributed by atoms with Crippen LogP contribution in [0.4, 0.5) is 10.2 Å². The van der Waals surface area contributed by atoms with Crippen LogP contribution >= 0.6 is 0 Å². The lowest BCUT2D eigenvalue weighted by Gasteiger charge is -2.30. The fourth-order valence-electron chi connectivity index (χ4n) is 3.84. The molecule has 0 spiro atoms. The zero-order valence-electron chi connectivity index (χ0n) is 21.9. The third-order valence-corrected chi connectivity index (χ3v) is 6.00. The highest BCUT2D eigenvalue weighted by molar-refractivity contribution is 6.03. The highest BCUT2D eigenvalue weighted by Crippen LogP contribution is 2.11. The Kier molecular flexibility index (Phi) is 12.0. The smallest absolute Gasteiger partial charge is 0.256 e. The molecule has 0 bridgehead atoms. The van der Waals surface area contributed by atoms with Crippen molar-refractivity contribution in [2.75, 3.05) is 25.5 Å². The lowest BCUT2D eigenvalue weighted by molar-refractivity contribution is 0.102. The second-order valence-electron chi connectivity index (χ2n) is 8.56. The number of terminal acetylenes is 1. The molecule has 3 rings (SSSR count). The van der Waals surface area contributed by atoms with Gasteiger partial charge in [0.1, 0.15) is 17.5 Å². The number of hydrogen-bond acceptors (Lipinski definition) is 5. The van der Waals surface area contributed by atoms with E-state index in [4.69, 9.17) is 4.99 Å². The van der Waals surface area contributed by atoms with E-state index in [0.717, 1.165) is 47.9 Å². The molecule has 6 nitrogen and oxygen atoms in total. The van der Waals surface area contributed by atoms with Gasteiger partial charge < -0.3 is 15.5 Å². The van der Waals surface area contributed by atoms with Gasteiger partial charge in [0.15, 0.2) is 0 Å². The van der Waals surface area contributed by atoms with Crippen molar-refractivity contribution < 1.29 is 9.18 Å². The van der Waals surface area contributed by atoms with Crippen LogP contribution in [0.1, 0.15) is 43.5 Å². The number of rotatable bonds is 8. The number of anilines is 1. The van der Waals surface area contributed by atoms with Crippen molar-refractivity contribution in [3.05, 3.63) is 82.9 Å². The Morgan fingerprint density at radius 3 is 2.49 bits per heavy atom. The Bertz CT molecular complexity index is 1250. The summed E-state index contributed by atoms with van der Waals surface area (Å²) in [7, 11) is 2.15. The summed E-state index contributed by atoms with van der Waals surface area (Å²) in [5.74, 6) is 0.544. The summed E-state index contributed by atoms with van der Waals surface area (Å²) in [4.78, 5) is 24.0. The van der Waals surface area contributed by atoms with Crippen molar-refractivity contribution >= 4 is 29.6 Å².